The van der Waals surface area contributed by atoms with Gasteiger partial charge in [0, 0.05) is 25.8 Å². The summed E-state index contributed by atoms with van der Waals surface area (Å²) >= 11 is 0. The van der Waals surface area contributed by atoms with Crippen molar-refractivity contribution < 1.29 is 9.90 Å². The molecule has 2 aromatic carbocycles. The number of hydrogen-bond acceptors (Lipinski definition) is 4. The second-order valence-electron chi connectivity index (χ2n) is 6.15. The standard InChI is InChI=1S/C19H18N4O3/c1-22-16-7-6-12(9-17(16)23(2)19(22)26)8-13(11-20)18(25)21-14-4-3-5-15(24)10-14/h3-7,9-10,13,24H,8H2,1-2H3,(H,21,25)/t13-/m0/s1. The van der Waals surface area contributed by atoms with Crippen LogP contribution in [0.4, 0.5) is 5.69 Å². The minimum Gasteiger partial charge on any atom is -0.508 e. The Labute approximate surface area is 149 Å². The van der Waals surface area contributed by atoms with E-state index in [1.807, 2.05) is 24.3 Å². The van der Waals surface area contributed by atoms with Crippen molar-refractivity contribution in [3.63, 3.8) is 0 Å². The number of nitrogens with one attached hydrogen (secondary N) is 1. The highest BCUT2D eigenvalue weighted by atomic mass is 16.3. The van der Waals surface area contributed by atoms with Crippen LogP contribution in [0.5, 0.6) is 5.75 Å². The summed E-state index contributed by atoms with van der Waals surface area (Å²) in [7, 11) is 3.38. The molecule has 26 heavy (non-hydrogen) atoms. The van der Waals surface area contributed by atoms with E-state index in [0.717, 1.165) is 16.6 Å². The number of phenolic OH excluding ortho intramolecular Hbond substituents is 1. The van der Waals surface area contributed by atoms with Gasteiger partial charge in [-0.2, -0.15) is 5.26 Å². The number of nitrogens with zero attached hydrogens (tertiary/aromatic N) is 3. The fraction of sp³-hybridized carbons (Fsp3) is 0.211. The highest BCUT2D eigenvalue weighted by molar-refractivity contribution is 5.94. The number of imidazole rings is 1. The number of aromatic nitrogens is 2. The van der Waals surface area contributed by atoms with Gasteiger partial charge in [0.1, 0.15) is 11.7 Å². The van der Waals surface area contributed by atoms with Gasteiger partial charge in [-0.15, -0.1) is 0 Å². The van der Waals surface area contributed by atoms with E-state index in [0.29, 0.717) is 5.69 Å². The third-order valence-electron chi connectivity index (χ3n) is 4.36. The van der Waals surface area contributed by atoms with Crippen molar-refractivity contribution in [3.05, 3.63) is 58.5 Å². The Hall–Kier alpha value is -3.53. The van der Waals surface area contributed by atoms with Crippen LogP contribution < -0.4 is 11.0 Å². The second kappa shape index (κ2) is 6.76. The van der Waals surface area contributed by atoms with E-state index in [2.05, 4.69) is 5.32 Å². The normalized spacial score (nSPS) is 11.9. The molecule has 1 heterocycles. The van der Waals surface area contributed by atoms with Gasteiger partial charge in [-0.25, -0.2) is 4.79 Å². The van der Waals surface area contributed by atoms with Gasteiger partial charge >= 0.3 is 5.69 Å². The zero-order valence-electron chi connectivity index (χ0n) is 14.4. The Morgan fingerprint density at radius 1 is 1.19 bits per heavy atom. The summed E-state index contributed by atoms with van der Waals surface area (Å²) in [4.78, 5) is 24.4. The topological polar surface area (TPSA) is 100 Å². The number of nitriles is 1. The molecule has 1 amide bonds. The molecule has 0 spiro atoms. The number of anilines is 1. The summed E-state index contributed by atoms with van der Waals surface area (Å²) in [5, 5.41) is 21.5. The van der Waals surface area contributed by atoms with Gasteiger partial charge in [0.25, 0.3) is 0 Å². The minimum absolute atomic E-state index is 0.0340. The number of aryl methyl sites for hydroxylation is 2. The number of amides is 1. The number of phenols is 1. The smallest absolute Gasteiger partial charge is 0.328 e. The lowest BCUT2D eigenvalue weighted by Gasteiger charge is -2.11. The Balaban J connectivity index is 1.83. The molecule has 0 fully saturated rings. The van der Waals surface area contributed by atoms with Gasteiger partial charge in [0.2, 0.25) is 5.91 Å². The molecular formula is C19H18N4O3. The average Bonchev–Trinajstić information content (AvgIpc) is 2.83. The summed E-state index contributed by atoms with van der Waals surface area (Å²) in [6.45, 7) is 0. The van der Waals surface area contributed by atoms with Crippen LogP contribution >= 0.6 is 0 Å². The molecule has 0 saturated carbocycles. The Morgan fingerprint density at radius 3 is 2.62 bits per heavy atom. The molecule has 2 N–H and O–H groups in total. The number of fused-ring (bicyclic) bond motifs is 1. The highest BCUT2D eigenvalue weighted by Crippen LogP contribution is 2.19. The van der Waals surface area contributed by atoms with Crippen molar-refractivity contribution in [2.24, 2.45) is 20.0 Å². The van der Waals surface area contributed by atoms with Crippen molar-refractivity contribution in [1.29, 1.82) is 5.26 Å². The number of hydrogen-bond donors (Lipinski definition) is 2. The molecule has 0 unspecified atom stereocenters. The molecule has 3 aromatic rings. The van der Waals surface area contributed by atoms with Gasteiger partial charge < -0.3 is 10.4 Å². The third kappa shape index (κ3) is 3.17. The second-order valence-corrected chi connectivity index (χ2v) is 6.15. The van der Waals surface area contributed by atoms with Gasteiger partial charge in [0.15, 0.2) is 0 Å². The zero-order chi connectivity index (χ0) is 18.8. The average molecular weight is 350 g/mol. The van der Waals surface area contributed by atoms with E-state index in [9.17, 15) is 20.0 Å². The summed E-state index contributed by atoms with van der Waals surface area (Å²) in [5.74, 6) is -1.30. The molecule has 0 aliphatic carbocycles. The lowest BCUT2D eigenvalue weighted by atomic mass is 9.99. The van der Waals surface area contributed by atoms with Crippen LogP contribution in [0.15, 0.2) is 47.3 Å². The van der Waals surface area contributed by atoms with Gasteiger partial charge in [-0.05, 0) is 36.2 Å². The van der Waals surface area contributed by atoms with Crippen molar-refractivity contribution in [2.75, 3.05) is 5.32 Å². The quantitative estimate of drug-likeness (QED) is 0.750. The molecule has 0 radical (unpaired) electrons. The Kier molecular flexibility index (Phi) is 4.50. The molecular weight excluding hydrogens is 332 g/mol. The van der Waals surface area contributed by atoms with Crippen LogP contribution in [0.25, 0.3) is 11.0 Å². The van der Waals surface area contributed by atoms with Crippen LogP contribution in [-0.2, 0) is 25.3 Å². The first-order valence-corrected chi connectivity index (χ1v) is 8.04. The maximum atomic E-state index is 12.4. The molecule has 0 bridgehead atoms. The first-order valence-electron chi connectivity index (χ1n) is 8.04. The SMILES string of the molecule is Cn1c(=O)n(C)c2cc(C[C@@H](C#N)C(=O)Nc3cccc(O)c3)ccc21. The van der Waals surface area contributed by atoms with Crippen LogP contribution in [0.3, 0.4) is 0 Å². The van der Waals surface area contributed by atoms with Crippen LogP contribution in [0, 0.1) is 17.2 Å². The van der Waals surface area contributed by atoms with Gasteiger partial charge in [-0.3, -0.25) is 13.9 Å². The molecule has 0 aliphatic heterocycles. The zero-order valence-corrected chi connectivity index (χ0v) is 14.4. The summed E-state index contributed by atoms with van der Waals surface area (Å²) in [5.41, 5.74) is 2.63. The van der Waals surface area contributed by atoms with E-state index < -0.39 is 11.8 Å². The maximum absolute atomic E-state index is 12.4. The fourth-order valence-corrected chi connectivity index (χ4v) is 2.93. The molecule has 1 atom stereocenters. The number of benzene rings is 2. The lowest BCUT2D eigenvalue weighted by Crippen LogP contribution is -2.23. The first-order chi connectivity index (χ1) is 12.4. The maximum Gasteiger partial charge on any atom is 0.328 e. The number of rotatable bonds is 4. The summed E-state index contributed by atoms with van der Waals surface area (Å²) < 4.78 is 3.09. The first kappa shape index (κ1) is 17.3. The lowest BCUT2D eigenvalue weighted by molar-refractivity contribution is -0.118. The minimum atomic E-state index is -0.893. The predicted molar refractivity (Wildman–Crippen MR) is 97.7 cm³/mol. The number of carbonyl (C=O) groups excluding carboxylic acids is 1. The molecule has 0 aliphatic rings. The van der Waals surface area contributed by atoms with Crippen molar-refractivity contribution >= 4 is 22.6 Å². The van der Waals surface area contributed by atoms with E-state index in [-0.39, 0.29) is 17.9 Å². The largest absolute Gasteiger partial charge is 0.508 e. The third-order valence-corrected chi connectivity index (χ3v) is 4.36. The van der Waals surface area contributed by atoms with E-state index in [1.54, 1.807) is 30.8 Å². The van der Waals surface area contributed by atoms with Crippen LogP contribution in [0.2, 0.25) is 0 Å². The molecule has 132 valence electrons. The van der Waals surface area contributed by atoms with Crippen molar-refractivity contribution in [2.45, 2.75) is 6.42 Å². The predicted octanol–water partition coefficient (Wildman–Crippen LogP) is 1.90. The van der Waals surface area contributed by atoms with Crippen LogP contribution in [-0.4, -0.2) is 20.1 Å². The van der Waals surface area contributed by atoms with Crippen molar-refractivity contribution in [3.8, 4) is 11.8 Å². The van der Waals surface area contributed by atoms with Crippen molar-refractivity contribution in [1.82, 2.24) is 9.13 Å². The number of aromatic hydroxyl groups is 1. The highest BCUT2D eigenvalue weighted by Gasteiger charge is 2.19. The monoisotopic (exact) mass is 350 g/mol. The Bertz CT molecular complexity index is 1090. The van der Waals surface area contributed by atoms with E-state index in [1.165, 1.54) is 16.7 Å². The molecule has 1 aromatic heterocycles. The molecule has 7 heteroatoms. The summed E-state index contributed by atoms with van der Waals surface area (Å²) in [6, 6.07) is 13.6. The Morgan fingerprint density at radius 2 is 1.92 bits per heavy atom. The van der Waals surface area contributed by atoms with E-state index >= 15 is 0 Å². The molecule has 0 saturated heterocycles. The summed E-state index contributed by atoms with van der Waals surface area (Å²) in [6.07, 6.45) is 0.222. The fourth-order valence-electron chi connectivity index (χ4n) is 2.93. The van der Waals surface area contributed by atoms with E-state index in [4.69, 9.17) is 0 Å². The van der Waals surface area contributed by atoms with Gasteiger partial charge in [-0.1, -0.05) is 12.1 Å². The van der Waals surface area contributed by atoms with Crippen LogP contribution in [0.1, 0.15) is 5.56 Å². The molecule has 7 nitrogen and oxygen atoms in total. The number of carbonyl (C=O) groups is 1. The van der Waals surface area contributed by atoms with Gasteiger partial charge in [0.05, 0.1) is 17.1 Å². The molecule has 3 rings (SSSR count).